The highest BCUT2D eigenvalue weighted by atomic mass is 16.8. The Morgan fingerprint density at radius 2 is 1.71 bits per heavy atom. The number of methoxy groups -OCH3 is 2. The maximum Gasteiger partial charge on any atom is 0.231 e. The summed E-state index contributed by atoms with van der Waals surface area (Å²) in [5.74, 6) is -0.988. The Morgan fingerprint density at radius 1 is 1.10 bits per heavy atom. The topological polar surface area (TPSA) is 44.8 Å². The predicted molar refractivity (Wildman–Crippen MR) is 83.1 cm³/mol. The van der Waals surface area contributed by atoms with Gasteiger partial charge in [-0.3, -0.25) is 4.79 Å². The molecule has 0 aromatic rings. The second-order valence-electron chi connectivity index (χ2n) is 5.93. The summed E-state index contributed by atoms with van der Waals surface area (Å²) in [7, 11) is 3.14. The Bertz CT molecular complexity index is 293. The summed E-state index contributed by atoms with van der Waals surface area (Å²) in [6.45, 7) is 2.23. The molecule has 124 valence electrons. The van der Waals surface area contributed by atoms with E-state index in [2.05, 4.69) is 6.92 Å². The average Bonchev–Trinajstić information content (AvgIpc) is 2.95. The van der Waals surface area contributed by atoms with Crippen LogP contribution in [0.4, 0.5) is 0 Å². The van der Waals surface area contributed by atoms with Crippen LogP contribution in [-0.4, -0.2) is 32.1 Å². The van der Waals surface area contributed by atoms with Gasteiger partial charge in [-0.15, -0.1) is 0 Å². The molecule has 0 bridgehead atoms. The molecule has 2 unspecified atom stereocenters. The van der Waals surface area contributed by atoms with Gasteiger partial charge in [0.1, 0.15) is 0 Å². The zero-order valence-electron chi connectivity index (χ0n) is 14.0. The monoisotopic (exact) mass is 300 g/mol. The van der Waals surface area contributed by atoms with Crippen molar-refractivity contribution in [3.8, 4) is 0 Å². The van der Waals surface area contributed by atoms with Gasteiger partial charge in [-0.25, -0.2) is 0 Å². The van der Waals surface area contributed by atoms with E-state index in [4.69, 9.17) is 14.2 Å². The van der Waals surface area contributed by atoms with Crippen molar-refractivity contribution in [2.75, 3.05) is 14.2 Å². The van der Waals surface area contributed by atoms with E-state index < -0.39 is 5.79 Å². The van der Waals surface area contributed by atoms with Gasteiger partial charge in [-0.2, -0.15) is 0 Å². The summed E-state index contributed by atoms with van der Waals surface area (Å²) < 4.78 is 16.2. The Labute approximate surface area is 129 Å². The average molecular weight is 300 g/mol. The van der Waals surface area contributed by atoms with Gasteiger partial charge in [0.05, 0.1) is 0 Å². The third kappa shape index (κ3) is 6.05. The van der Waals surface area contributed by atoms with Gasteiger partial charge in [0, 0.05) is 33.5 Å². The quantitative estimate of drug-likeness (QED) is 0.506. The van der Waals surface area contributed by atoms with Crippen LogP contribution in [0.5, 0.6) is 0 Å². The van der Waals surface area contributed by atoms with E-state index in [1.54, 1.807) is 14.2 Å². The number of unbranched alkanes of at least 4 members (excludes halogenated alkanes) is 7. The molecule has 0 saturated carbocycles. The number of carbonyl (C=O) groups is 1. The van der Waals surface area contributed by atoms with Gasteiger partial charge >= 0.3 is 0 Å². The molecule has 2 atom stereocenters. The van der Waals surface area contributed by atoms with E-state index in [0.717, 1.165) is 12.8 Å². The summed E-state index contributed by atoms with van der Waals surface area (Å²) >= 11 is 0. The van der Waals surface area contributed by atoms with Crippen LogP contribution in [-0.2, 0) is 19.0 Å². The minimum absolute atomic E-state index is 0.0653. The zero-order chi connectivity index (χ0) is 15.6. The van der Waals surface area contributed by atoms with E-state index in [1.165, 1.54) is 38.5 Å². The van der Waals surface area contributed by atoms with Crippen LogP contribution in [0.15, 0.2) is 0 Å². The van der Waals surface area contributed by atoms with Crippen LogP contribution in [0.3, 0.4) is 0 Å². The molecule has 0 aromatic carbocycles. The molecule has 1 fully saturated rings. The third-order valence-corrected chi connectivity index (χ3v) is 4.31. The van der Waals surface area contributed by atoms with Gasteiger partial charge in [-0.1, -0.05) is 51.9 Å². The number of hydrogen-bond donors (Lipinski definition) is 0. The molecule has 1 saturated heterocycles. The summed E-state index contributed by atoms with van der Waals surface area (Å²) in [5.41, 5.74) is 0. The Balaban J connectivity index is 2.15. The van der Waals surface area contributed by atoms with E-state index in [-0.39, 0.29) is 12.1 Å². The molecule has 21 heavy (non-hydrogen) atoms. The lowest BCUT2D eigenvalue weighted by molar-refractivity contribution is -0.245. The second kappa shape index (κ2) is 10.3. The van der Waals surface area contributed by atoms with E-state index >= 15 is 0 Å². The number of rotatable bonds is 12. The molecule has 0 amide bonds. The van der Waals surface area contributed by atoms with Crippen LogP contribution >= 0.6 is 0 Å². The number of hydrogen-bond acceptors (Lipinski definition) is 4. The molecule has 1 aliphatic rings. The van der Waals surface area contributed by atoms with Gasteiger partial charge < -0.3 is 14.2 Å². The van der Waals surface area contributed by atoms with Crippen molar-refractivity contribution in [3.63, 3.8) is 0 Å². The summed E-state index contributed by atoms with van der Waals surface area (Å²) in [6, 6.07) is 0. The Hall–Kier alpha value is -0.450. The maximum absolute atomic E-state index is 12.3. The van der Waals surface area contributed by atoms with E-state index in [9.17, 15) is 4.79 Å². The predicted octanol–water partition coefficient (Wildman–Crippen LogP) is 4.21. The van der Waals surface area contributed by atoms with Crippen molar-refractivity contribution >= 4 is 5.78 Å². The van der Waals surface area contributed by atoms with Gasteiger partial charge in [0.2, 0.25) is 5.79 Å². The summed E-state index contributed by atoms with van der Waals surface area (Å²) in [6.07, 6.45) is 11.4. The number of ketones is 1. The molecule has 1 heterocycles. The van der Waals surface area contributed by atoms with Crippen molar-refractivity contribution in [2.24, 2.45) is 0 Å². The molecule has 0 radical (unpaired) electrons. The van der Waals surface area contributed by atoms with E-state index in [1.807, 2.05) is 0 Å². The van der Waals surface area contributed by atoms with Crippen LogP contribution in [0.1, 0.15) is 77.6 Å². The van der Waals surface area contributed by atoms with Crippen LogP contribution in [0.25, 0.3) is 0 Å². The van der Waals surface area contributed by atoms with Crippen LogP contribution < -0.4 is 0 Å². The lowest BCUT2D eigenvalue weighted by Gasteiger charge is -2.25. The van der Waals surface area contributed by atoms with Crippen molar-refractivity contribution < 1.29 is 19.0 Å². The molecule has 4 nitrogen and oxygen atoms in total. The normalized spacial score (nSPS) is 25.4. The van der Waals surface area contributed by atoms with Crippen LogP contribution in [0, 0.1) is 0 Å². The minimum atomic E-state index is -1.05. The highest BCUT2D eigenvalue weighted by molar-refractivity contribution is 5.86. The largest absolute Gasteiger partial charge is 0.356 e. The highest BCUT2D eigenvalue weighted by Crippen LogP contribution is 2.33. The standard InChI is InChI=1S/C17H32O4/c1-4-5-6-7-8-9-10-11-12-15(18)17(20-3)14-13-16(19-2)21-17/h16H,4-14H2,1-3H3. The maximum atomic E-state index is 12.3. The van der Waals surface area contributed by atoms with Gasteiger partial charge in [0.25, 0.3) is 0 Å². The van der Waals surface area contributed by atoms with Crippen molar-refractivity contribution in [1.29, 1.82) is 0 Å². The minimum Gasteiger partial charge on any atom is -0.356 e. The molecule has 1 aliphatic heterocycles. The smallest absolute Gasteiger partial charge is 0.231 e. The first kappa shape index (κ1) is 18.6. The van der Waals surface area contributed by atoms with Crippen molar-refractivity contribution in [2.45, 2.75) is 89.6 Å². The third-order valence-electron chi connectivity index (χ3n) is 4.31. The van der Waals surface area contributed by atoms with E-state index in [0.29, 0.717) is 19.3 Å². The SMILES string of the molecule is CCCCCCCCCCC(=O)C1(OC)CCC(OC)O1. The van der Waals surface area contributed by atoms with Crippen molar-refractivity contribution in [1.82, 2.24) is 0 Å². The molecule has 4 heteroatoms. The fraction of sp³-hybridized carbons (Fsp3) is 0.941. The first-order chi connectivity index (χ1) is 10.2. The van der Waals surface area contributed by atoms with Crippen molar-refractivity contribution in [3.05, 3.63) is 0 Å². The summed E-state index contributed by atoms with van der Waals surface area (Å²) in [4.78, 5) is 12.3. The van der Waals surface area contributed by atoms with Gasteiger partial charge in [-0.05, 0) is 6.42 Å². The molecular formula is C17H32O4. The first-order valence-corrected chi connectivity index (χ1v) is 8.47. The molecule has 1 rings (SSSR count). The number of ether oxygens (including phenoxy) is 3. The number of carbonyl (C=O) groups excluding carboxylic acids is 1. The molecule has 0 aromatic heterocycles. The molecule has 0 spiro atoms. The van der Waals surface area contributed by atoms with Gasteiger partial charge in [0.15, 0.2) is 12.1 Å². The lowest BCUT2D eigenvalue weighted by Crippen LogP contribution is -2.41. The zero-order valence-corrected chi connectivity index (χ0v) is 14.0. The Morgan fingerprint density at radius 3 is 2.24 bits per heavy atom. The second-order valence-corrected chi connectivity index (χ2v) is 5.93. The fourth-order valence-electron chi connectivity index (χ4n) is 2.88. The fourth-order valence-corrected chi connectivity index (χ4v) is 2.88. The number of Topliss-reactive ketones (excluding diaryl/α,β-unsaturated/α-hetero) is 1. The van der Waals surface area contributed by atoms with Crippen LogP contribution in [0.2, 0.25) is 0 Å². The molecular weight excluding hydrogens is 268 g/mol. The summed E-state index contributed by atoms with van der Waals surface area (Å²) in [5, 5.41) is 0. The highest BCUT2D eigenvalue weighted by Gasteiger charge is 2.46. The Kier molecular flexibility index (Phi) is 9.13. The molecule has 0 N–H and O–H groups in total. The first-order valence-electron chi connectivity index (χ1n) is 8.47. The lowest BCUT2D eigenvalue weighted by atomic mass is 10.0. The molecule has 0 aliphatic carbocycles.